The van der Waals surface area contributed by atoms with Crippen LogP contribution in [-0.4, -0.2) is 37.0 Å². The molecule has 0 bridgehead atoms. The van der Waals surface area contributed by atoms with E-state index in [2.05, 4.69) is 21.2 Å². The molecule has 0 heterocycles. The highest BCUT2D eigenvalue weighted by molar-refractivity contribution is 9.10. The smallest absolute Gasteiger partial charge is 0.255 e. The summed E-state index contributed by atoms with van der Waals surface area (Å²) in [5.41, 5.74) is 1.96. The molecular weight excluding hydrogens is 424 g/mol. The summed E-state index contributed by atoms with van der Waals surface area (Å²) in [4.78, 5) is 26.3. The highest BCUT2D eigenvalue weighted by Gasteiger charge is 2.17. The lowest BCUT2D eigenvalue weighted by Gasteiger charge is -2.21. The molecular formula is C21H25BrN2O4. The zero-order chi connectivity index (χ0) is 20.7. The maximum absolute atomic E-state index is 12.8. The van der Waals surface area contributed by atoms with Crippen LogP contribution >= 0.6 is 15.9 Å². The summed E-state index contributed by atoms with van der Waals surface area (Å²) in [6, 6.07) is 10.8. The molecule has 6 nitrogen and oxygen atoms in total. The Morgan fingerprint density at radius 2 is 1.89 bits per heavy atom. The number of carbonyl (C=O) groups is 2. The zero-order valence-electron chi connectivity index (χ0n) is 16.5. The average Bonchev–Trinajstić information content (AvgIpc) is 2.68. The number of para-hydroxylation sites is 1. The second kappa shape index (κ2) is 10.1. The van der Waals surface area contributed by atoms with E-state index >= 15 is 0 Å². The Hall–Kier alpha value is -2.54. The van der Waals surface area contributed by atoms with E-state index in [0.29, 0.717) is 46.9 Å². The highest BCUT2D eigenvalue weighted by Crippen LogP contribution is 2.37. The Bertz CT molecular complexity index is 854. The van der Waals surface area contributed by atoms with Gasteiger partial charge < -0.3 is 19.7 Å². The number of methoxy groups -OCH3 is 1. The number of nitrogens with one attached hydrogen (secondary N) is 1. The van der Waals surface area contributed by atoms with Crippen molar-refractivity contribution in [3.63, 3.8) is 0 Å². The summed E-state index contributed by atoms with van der Waals surface area (Å²) in [5.74, 6) is 0.745. The number of anilines is 1. The number of amides is 2. The fourth-order valence-electron chi connectivity index (χ4n) is 2.76. The molecule has 0 atom stereocenters. The molecule has 2 aromatic carbocycles. The van der Waals surface area contributed by atoms with Crippen LogP contribution < -0.4 is 14.8 Å². The van der Waals surface area contributed by atoms with Crippen LogP contribution in [0, 0.1) is 0 Å². The van der Waals surface area contributed by atoms with Crippen LogP contribution in [0.3, 0.4) is 0 Å². The predicted molar refractivity (Wildman–Crippen MR) is 113 cm³/mol. The molecule has 0 fully saturated rings. The summed E-state index contributed by atoms with van der Waals surface area (Å²) >= 11 is 3.44. The first-order chi connectivity index (χ1) is 13.4. The number of hydrogen-bond donors (Lipinski definition) is 1. The van der Waals surface area contributed by atoms with Crippen LogP contribution in [0.15, 0.2) is 40.9 Å². The Labute approximate surface area is 174 Å². The van der Waals surface area contributed by atoms with Crippen LogP contribution in [-0.2, 0) is 11.3 Å². The van der Waals surface area contributed by atoms with Gasteiger partial charge in [0.1, 0.15) is 0 Å². The molecule has 0 aliphatic carbocycles. The van der Waals surface area contributed by atoms with Gasteiger partial charge in [-0.2, -0.15) is 0 Å². The maximum Gasteiger partial charge on any atom is 0.255 e. The van der Waals surface area contributed by atoms with Crippen LogP contribution in [0.4, 0.5) is 5.69 Å². The number of halogens is 1. The lowest BCUT2D eigenvalue weighted by molar-refractivity contribution is -0.129. The number of hydrogen-bond acceptors (Lipinski definition) is 4. The van der Waals surface area contributed by atoms with Crippen molar-refractivity contribution in [1.82, 2.24) is 4.90 Å². The van der Waals surface area contributed by atoms with Gasteiger partial charge in [0.2, 0.25) is 5.91 Å². The van der Waals surface area contributed by atoms with E-state index in [1.165, 1.54) is 14.0 Å². The van der Waals surface area contributed by atoms with Crippen LogP contribution in [0.2, 0.25) is 0 Å². The monoisotopic (exact) mass is 448 g/mol. The average molecular weight is 449 g/mol. The van der Waals surface area contributed by atoms with Gasteiger partial charge in [-0.25, -0.2) is 0 Å². The first-order valence-electron chi connectivity index (χ1n) is 9.06. The SMILES string of the molecule is CCOc1c(Br)cc(C(=O)Nc2ccccc2CN(CC)C(C)=O)cc1OC. The Kier molecular flexibility index (Phi) is 7.87. The molecule has 2 amide bonds. The summed E-state index contributed by atoms with van der Waals surface area (Å²) in [6.07, 6.45) is 0. The molecule has 2 rings (SSSR count). The minimum Gasteiger partial charge on any atom is -0.493 e. The van der Waals surface area contributed by atoms with Crippen LogP contribution in [0.1, 0.15) is 36.7 Å². The molecule has 0 aliphatic rings. The van der Waals surface area contributed by atoms with Crippen molar-refractivity contribution in [2.75, 3.05) is 25.6 Å². The van der Waals surface area contributed by atoms with Gasteiger partial charge in [-0.05, 0) is 53.5 Å². The Morgan fingerprint density at radius 3 is 2.50 bits per heavy atom. The normalized spacial score (nSPS) is 10.3. The van der Waals surface area contributed by atoms with Gasteiger partial charge >= 0.3 is 0 Å². The van der Waals surface area contributed by atoms with Crippen LogP contribution in [0.5, 0.6) is 11.5 Å². The lowest BCUT2D eigenvalue weighted by Crippen LogP contribution is -2.28. The zero-order valence-corrected chi connectivity index (χ0v) is 18.1. The Balaban J connectivity index is 2.28. The highest BCUT2D eigenvalue weighted by atomic mass is 79.9. The molecule has 0 radical (unpaired) electrons. The minimum absolute atomic E-state index is 0.0104. The van der Waals surface area contributed by atoms with Gasteiger partial charge in [-0.15, -0.1) is 0 Å². The fourth-order valence-corrected chi connectivity index (χ4v) is 3.32. The molecule has 7 heteroatoms. The van der Waals surface area contributed by atoms with E-state index in [0.717, 1.165) is 5.56 Å². The van der Waals surface area contributed by atoms with Gasteiger partial charge in [0, 0.05) is 31.3 Å². The van der Waals surface area contributed by atoms with Crippen molar-refractivity contribution in [3.05, 3.63) is 52.0 Å². The predicted octanol–water partition coefficient (Wildman–Crippen LogP) is 4.48. The summed E-state index contributed by atoms with van der Waals surface area (Å²) in [5, 5.41) is 2.93. The van der Waals surface area contributed by atoms with Crippen molar-refractivity contribution in [3.8, 4) is 11.5 Å². The molecule has 0 aliphatic heterocycles. The first-order valence-corrected chi connectivity index (χ1v) is 9.85. The van der Waals surface area contributed by atoms with Gasteiger partial charge in [0.25, 0.3) is 5.91 Å². The second-order valence-corrected chi connectivity index (χ2v) is 6.92. The third-order valence-corrected chi connectivity index (χ3v) is 4.82. The van der Waals surface area contributed by atoms with Crippen molar-refractivity contribution < 1.29 is 19.1 Å². The fraction of sp³-hybridized carbons (Fsp3) is 0.333. The standard InChI is InChI=1S/C21H25BrN2O4/c1-5-24(14(3)25)13-15-9-7-8-10-18(15)23-21(26)16-11-17(22)20(28-6-2)19(12-16)27-4/h7-12H,5-6,13H2,1-4H3,(H,23,26). The number of ether oxygens (including phenoxy) is 2. The van der Waals surface area contributed by atoms with E-state index in [1.54, 1.807) is 17.0 Å². The third kappa shape index (κ3) is 5.25. The minimum atomic E-state index is -0.277. The van der Waals surface area contributed by atoms with Crippen LogP contribution in [0.25, 0.3) is 0 Å². The maximum atomic E-state index is 12.8. The molecule has 0 spiro atoms. The van der Waals surface area contributed by atoms with E-state index < -0.39 is 0 Å². The van der Waals surface area contributed by atoms with E-state index in [9.17, 15) is 9.59 Å². The number of nitrogens with zero attached hydrogens (tertiary/aromatic N) is 1. The number of benzene rings is 2. The third-order valence-electron chi connectivity index (χ3n) is 4.23. The van der Waals surface area contributed by atoms with Crippen molar-refractivity contribution >= 4 is 33.4 Å². The molecule has 0 unspecified atom stereocenters. The molecule has 2 aromatic rings. The topological polar surface area (TPSA) is 67.9 Å². The second-order valence-electron chi connectivity index (χ2n) is 6.07. The van der Waals surface area contributed by atoms with Crippen molar-refractivity contribution in [2.45, 2.75) is 27.3 Å². The van der Waals surface area contributed by atoms with E-state index in [-0.39, 0.29) is 11.8 Å². The molecule has 0 saturated heterocycles. The molecule has 150 valence electrons. The Morgan fingerprint density at radius 1 is 1.18 bits per heavy atom. The van der Waals surface area contributed by atoms with E-state index in [4.69, 9.17) is 9.47 Å². The molecule has 1 N–H and O–H groups in total. The molecule has 0 aromatic heterocycles. The number of carbonyl (C=O) groups excluding carboxylic acids is 2. The van der Waals surface area contributed by atoms with Gasteiger partial charge in [-0.3, -0.25) is 9.59 Å². The summed E-state index contributed by atoms with van der Waals surface area (Å²) in [6.45, 7) is 6.85. The van der Waals surface area contributed by atoms with E-state index in [1.807, 2.05) is 38.1 Å². The quantitative estimate of drug-likeness (QED) is 0.646. The molecule has 0 saturated carbocycles. The van der Waals surface area contributed by atoms with Gasteiger partial charge in [-0.1, -0.05) is 18.2 Å². The first kappa shape index (κ1) is 21.8. The van der Waals surface area contributed by atoms with Gasteiger partial charge in [0.15, 0.2) is 11.5 Å². The van der Waals surface area contributed by atoms with Gasteiger partial charge in [0.05, 0.1) is 18.2 Å². The van der Waals surface area contributed by atoms with Crippen molar-refractivity contribution in [1.29, 1.82) is 0 Å². The number of rotatable bonds is 8. The molecule has 28 heavy (non-hydrogen) atoms. The lowest BCUT2D eigenvalue weighted by atomic mass is 10.1. The largest absolute Gasteiger partial charge is 0.493 e. The van der Waals surface area contributed by atoms with Crippen molar-refractivity contribution in [2.24, 2.45) is 0 Å². The summed E-state index contributed by atoms with van der Waals surface area (Å²) in [7, 11) is 1.53. The summed E-state index contributed by atoms with van der Waals surface area (Å²) < 4.78 is 11.6.